The first kappa shape index (κ1) is 21.7. The Kier molecular flexibility index (Phi) is 8.12. The molecule has 1 unspecified atom stereocenters. The molecular formula is C25H29NO4. The number of aliphatic hydroxyl groups excluding tert-OH is 1. The summed E-state index contributed by atoms with van der Waals surface area (Å²) in [5.41, 5.74) is 1.07. The van der Waals surface area contributed by atoms with Gasteiger partial charge in [-0.15, -0.1) is 0 Å². The molecule has 0 bridgehead atoms. The van der Waals surface area contributed by atoms with E-state index in [1.165, 1.54) is 0 Å². The van der Waals surface area contributed by atoms with Crippen LogP contribution < -0.4 is 19.5 Å². The maximum Gasteiger partial charge on any atom is 0.172 e. The van der Waals surface area contributed by atoms with E-state index in [0.717, 1.165) is 5.56 Å². The van der Waals surface area contributed by atoms with Crippen LogP contribution in [0.15, 0.2) is 78.9 Å². The van der Waals surface area contributed by atoms with Crippen molar-refractivity contribution in [1.82, 2.24) is 5.32 Å². The monoisotopic (exact) mass is 407 g/mol. The van der Waals surface area contributed by atoms with Gasteiger partial charge in [-0.2, -0.15) is 0 Å². The predicted molar refractivity (Wildman–Crippen MR) is 118 cm³/mol. The van der Waals surface area contributed by atoms with Crippen LogP contribution in [0.5, 0.6) is 23.0 Å². The van der Waals surface area contributed by atoms with E-state index >= 15 is 0 Å². The highest BCUT2D eigenvalue weighted by Crippen LogP contribution is 2.35. The quantitative estimate of drug-likeness (QED) is 0.478. The number of hydrogen-bond donors (Lipinski definition) is 2. The summed E-state index contributed by atoms with van der Waals surface area (Å²) in [5, 5.41) is 13.3. The molecule has 1 atom stereocenters. The Morgan fingerprint density at radius 3 is 2.20 bits per heavy atom. The van der Waals surface area contributed by atoms with E-state index in [1.54, 1.807) is 6.07 Å². The van der Waals surface area contributed by atoms with Gasteiger partial charge in [0.15, 0.2) is 11.5 Å². The minimum absolute atomic E-state index is 0.189. The van der Waals surface area contributed by atoms with Crippen molar-refractivity contribution in [2.75, 3.05) is 13.2 Å². The van der Waals surface area contributed by atoms with Gasteiger partial charge in [-0.05, 0) is 29.8 Å². The molecule has 5 nitrogen and oxygen atoms in total. The van der Waals surface area contributed by atoms with Gasteiger partial charge >= 0.3 is 0 Å². The van der Waals surface area contributed by atoms with Gasteiger partial charge in [0.25, 0.3) is 0 Å². The average molecular weight is 408 g/mol. The molecule has 0 saturated carbocycles. The summed E-state index contributed by atoms with van der Waals surface area (Å²) in [6.07, 6.45) is -0.597. The lowest BCUT2D eigenvalue weighted by molar-refractivity contribution is 0.104. The van der Waals surface area contributed by atoms with Gasteiger partial charge in [0.2, 0.25) is 0 Å². The Morgan fingerprint density at radius 2 is 1.50 bits per heavy atom. The van der Waals surface area contributed by atoms with E-state index in [1.807, 2.05) is 86.6 Å². The number of hydrogen-bond acceptors (Lipinski definition) is 5. The highest BCUT2D eigenvalue weighted by molar-refractivity contribution is 5.48. The molecule has 158 valence electrons. The maximum absolute atomic E-state index is 10.1. The number of nitrogens with one attached hydrogen (secondary N) is 1. The van der Waals surface area contributed by atoms with Crippen molar-refractivity contribution < 1.29 is 19.3 Å². The molecule has 0 aliphatic heterocycles. The lowest BCUT2D eigenvalue weighted by Crippen LogP contribution is -2.35. The predicted octanol–water partition coefficient (Wildman–Crippen LogP) is 4.80. The third-order valence-corrected chi connectivity index (χ3v) is 4.33. The topological polar surface area (TPSA) is 60.0 Å². The fourth-order valence-electron chi connectivity index (χ4n) is 2.75. The molecule has 3 rings (SSSR count). The second-order valence-electron chi connectivity index (χ2n) is 7.33. The van der Waals surface area contributed by atoms with Crippen LogP contribution in [-0.4, -0.2) is 30.4 Å². The van der Waals surface area contributed by atoms with Crippen molar-refractivity contribution in [3.05, 3.63) is 84.4 Å². The summed E-state index contributed by atoms with van der Waals surface area (Å²) >= 11 is 0. The standard InChI is InChI=1S/C25H29NO4/c1-19(2)26-16-21(27)18-28-23-13-14-24(29-17-20-9-5-3-6-10-20)25(15-23)30-22-11-7-4-8-12-22/h3-15,19,21,26-27H,16-18H2,1-2H3. The number of ether oxygens (including phenoxy) is 3. The van der Waals surface area contributed by atoms with Gasteiger partial charge in [-0.1, -0.05) is 62.4 Å². The first-order valence-corrected chi connectivity index (χ1v) is 10.2. The van der Waals surface area contributed by atoms with Gasteiger partial charge in [0, 0.05) is 18.7 Å². The van der Waals surface area contributed by atoms with Gasteiger partial charge in [-0.25, -0.2) is 0 Å². The first-order chi connectivity index (χ1) is 14.6. The molecule has 0 aromatic heterocycles. The third kappa shape index (κ3) is 7.10. The highest BCUT2D eigenvalue weighted by atomic mass is 16.5. The highest BCUT2D eigenvalue weighted by Gasteiger charge is 2.11. The fraction of sp³-hybridized carbons (Fsp3) is 0.280. The normalized spacial score (nSPS) is 11.9. The zero-order valence-corrected chi connectivity index (χ0v) is 17.5. The summed E-state index contributed by atoms with van der Waals surface area (Å²) in [4.78, 5) is 0. The summed E-state index contributed by atoms with van der Waals surface area (Å²) < 4.78 is 17.8. The van der Waals surface area contributed by atoms with E-state index < -0.39 is 6.10 Å². The second kappa shape index (κ2) is 11.2. The Balaban J connectivity index is 1.70. The van der Waals surface area contributed by atoms with Crippen molar-refractivity contribution in [3.8, 4) is 23.0 Å². The number of benzene rings is 3. The molecular weight excluding hydrogens is 378 g/mol. The SMILES string of the molecule is CC(C)NCC(O)COc1ccc(OCc2ccccc2)c(Oc2ccccc2)c1. The van der Waals surface area contributed by atoms with Crippen molar-refractivity contribution in [1.29, 1.82) is 0 Å². The molecule has 0 spiro atoms. The molecule has 3 aromatic carbocycles. The number of para-hydroxylation sites is 1. The van der Waals surface area contributed by atoms with Crippen LogP contribution in [0.25, 0.3) is 0 Å². The third-order valence-electron chi connectivity index (χ3n) is 4.33. The molecule has 3 aromatic rings. The Labute approximate surface area is 178 Å². The number of aliphatic hydroxyl groups is 1. The summed E-state index contributed by atoms with van der Waals surface area (Å²) in [7, 11) is 0. The molecule has 0 aliphatic carbocycles. The molecule has 0 aliphatic rings. The number of rotatable bonds is 11. The zero-order valence-electron chi connectivity index (χ0n) is 17.5. The van der Waals surface area contributed by atoms with Crippen LogP contribution in [0.4, 0.5) is 0 Å². The van der Waals surface area contributed by atoms with Crippen molar-refractivity contribution in [3.63, 3.8) is 0 Å². The van der Waals surface area contributed by atoms with Gasteiger partial charge in [0.1, 0.15) is 30.8 Å². The van der Waals surface area contributed by atoms with E-state index in [0.29, 0.717) is 42.2 Å². The molecule has 0 amide bonds. The van der Waals surface area contributed by atoms with E-state index in [-0.39, 0.29) is 6.61 Å². The van der Waals surface area contributed by atoms with Crippen LogP contribution in [0.3, 0.4) is 0 Å². The summed E-state index contributed by atoms with van der Waals surface area (Å²) in [6.45, 7) is 5.17. The lowest BCUT2D eigenvalue weighted by Gasteiger charge is -2.17. The van der Waals surface area contributed by atoms with Crippen LogP contribution in [0.1, 0.15) is 19.4 Å². The smallest absolute Gasteiger partial charge is 0.172 e. The van der Waals surface area contributed by atoms with Gasteiger partial charge in [0.05, 0.1) is 0 Å². The van der Waals surface area contributed by atoms with Crippen molar-refractivity contribution in [2.24, 2.45) is 0 Å². The molecule has 0 saturated heterocycles. The molecule has 2 N–H and O–H groups in total. The molecule has 5 heteroatoms. The molecule has 0 fully saturated rings. The van der Waals surface area contributed by atoms with Crippen molar-refractivity contribution in [2.45, 2.75) is 32.6 Å². The second-order valence-corrected chi connectivity index (χ2v) is 7.33. The van der Waals surface area contributed by atoms with Crippen LogP contribution in [0, 0.1) is 0 Å². The van der Waals surface area contributed by atoms with Gasteiger partial charge < -0.3 is 24.6 Å². The summed E-state index contributed by atoms with van der Waals surface area (Å²) in [5.74, 6) is 2.50. The van der Waals surface area contributed by atoms with E-state index in [2.05, 4.69) is 5.32 Å². The Morgan fingerprint density at radius 1 is 0.800 bits per heavy atom. The van der Waals surface area contributed by atoms with Crippen LogP contribution in [0.2, 0.25) is 0 Å². The Hall–Kier alpha value is -3.02. The van der Waals surface area contributed by atoms with Gasteiger partial charge in [-0.3, -0.25) is 0 Å². The van der Waals surface area contributed by atoms with Crippen LogP contribution >= 0.6 is 0 Å². The molecule has 30 heavy (non-hydrogen) atoms. The van der Waals surface area contributed by atoms with E-state index in [9.17, 15) is 5.11 Å². The molecule has 0 radical (unpaired) electrons. The maximum atomic E-state index is 10.1. The average Bonchev–Trinajstić information content (AvgIpc) is 2.77. The Bertz CT molecular complexity index is 884. The lowest BCUT2D eigenvalue weighted by atomic mass is 10.2. The fourth-order valence-corrected chi connectivity index (χ4v) is 2.75. The van der Waals surface area contributed by atoms with Crippen molar-refractivity contribution >= 4 is 0 Å². The largest absolute Gasteiger partial charge is 0.491 e. The van der Waals surface area contributed by atoms with Crippen LogP contribution in [-0.2, 0) is 6.61 Å². The molecule has 0 heterocycles. The summed E-state index contributed by atoms with van der Waals surface area (Å²) in [6, 6.07) is 25.3. The minimum atomic E-state index is -0.597. The minimum Gasteiger partial charge on any atom is -0.491 e. The first-order valence-electron chi connectivity index (χ1n) is 10.2. The van der Waals surface area contributed by atoms with E-state index in [4.69, 9.17) is 14.2 Å². The zero-order chi connectivity index (χ0) is 21.2.